The summed E-state index contributed by atoms with van der Waals surface area (Å²) in [7, 11) is 0. The number of anilines is 1. The summed E-state index contributed by atoms with van der Waals surface area (Å²) in [6.07, 6.45) is -3.65. The molecule has 0 aliphatic carbocycles. The number of nitrogens with two attached hydrogens (primary N) is 1. The number of rotatable bonds is 5. The van der Waals surface area contributed by atoms with E-state index in [1.54, 1.807) is 0 Å². The van der Waals surface area contributed by atoms with Crippen LogP contribution in [0.4, 0.5) is 5.69 Å². The molecule has 1 rings (SSSR count). The molecule has 0 aliphatic rings. The molecule has 0 fully saturated rings. The van der Waals surface area contributed by atoms with Crippen LogP contribution in [0, 0.1) is 0 Å². The summed E-state index contributed by atoms with van der Waals surface area (Å²) in [5.74, 6) is -2.54. The Morgan fingerprint density at radius 1 is 1.22 bits per heavy atom. The molecule has 2 atom stereocenters. The Morgan fingerprint density at radius 3 is 2.33 bits per heavy atom. The summed E-state index contributed by atoms with van der Waals surface area (Å²) in [6.45, 7) is 0. The van der Waals surface area contributed by atoms with E-state index < -0.39 is 30.6 Å². The Kier molecular flexibility index (Phi) is 4.24. The lowest BCUT2D eigenvalue weighted by Crippen LogP contribution is -2.22. The molecule has 0 saturated heterocycles. The summed E-state index contributed by atoms with van der Waals surface area (Å²) < 4.78 is 0. The predicted octanol–water partition coefficient (Wildman–Crippen LogP) is -0.164. The van der Waals surface area contributed by atoms with Gasteiger partial charge < -0.3 is 26.2 Å². The zero-order chi connectivity index (χ0) is 13.9. The van der Waals surface area contributed by atoms with E-state index in [1.165, 1.54) is 12.1 Å². The van der Waals surface area contributed by atoms with Crippen LogP contribution in [-0.2, 0) is 4.79 Å². The van der Waals surface area contributed by atoms with Crippen molar-refractivity contribution in [1.29, 1.82) is 0 Å². The molecule has 7 nitrogen and oxygen atoms in total. The van der Waals surface area contributed by atoms with Crippen molar-refractivity contribution >= 4 is 17.6 Å². The smallest absolute Gasteiger partial charge is 0.337 e. The molecule has 0 spiro atoms. The van der Waals surface area contributed by atoms with Crippen molar-refractivity contribution < 1.29 is 30.0 Å². The lowest BCUT2D eigenvalue weighted by atomic mass is 9.99. The molecular formula is C11H13NO6. The number of nitrogen functional groups attached to an aromatic ring is 1. The number of hydrogen-bond donors (Lipinski definition) is 5. The van der Waals surface area contributed by atoms with E-state index >= 15 is 0 Å². The van der Waals surface area contributed by atoms with E-state index in [2.05, 4.69) is 0 Å². The highest BCUT2D eigenvalue weighted by Gasteiger charge is 2.22. The molecule has 1 aromatic rings. The van der Waals surface area contributed by atoms with Crippen LogP contribution in [0.1, 0.15) is 28.4 Å². The highest BCUT2D eigenvalue weighted by atomic mass is 16.4. The minimum Gasteiger partial charge on any atom is -0.481 e. The maximum absolute atomic E-state index is 10.8. The SMILES string of the molecule is Nc1ccc(C(O)C(O)CC(=O)O)cc1C(=O)O. The zero-order valence-corrected chi connectivity index (χ0v) is 9.28. The first-order valence-electron chi connectivity index (χ1n) is 5.03. The summed E-state index contributed by atoms with van der Waals surface area (Å²) in [4.78, 5) is 21.2. The number of carboxylic acids is 2. The fourth-order valence-corrected chi connectivity index (χ4v) is 1.46. The Balaban J connectivity index is 2.99. The van der Waals surface area contributed by atoms with Gasteiger partial charge in [-0.2, -0.15) is 0 Å². The Bertz CT molecular complexity index is 473. The molecule has 0 heterocycles. The molecule has 2 unspecified atom stereocenters. The topological polar surface area (TPSA) is 141 Å². The Labute approximate surface area is 102 Å². The number of aliphatic hydroxyl groups is 2. The van der Waals surface area contributed by atoms with Crippen molar-refractivity contribution in [1.82, 2.24) is 0 Å². The van der Waals surface area contributed by atoms with E-state index in [1.807, 2.05) is 0 Å². The predicted molar refractivity (Wildman–Crippen MR) is 61.0 cm³/mol. The second-order valence-corrected chi connectivity index (χ2v) is 3.76. The van der Waals surface area contributed by atoms with Crippen molar-refractivity contribution in [3.63, 3.8) is 0 Å². The second kappa shape index (κ2) is 5.48. The van der Waals surface area contributed by atoms with Crippen LogP contribution in [-0.4, -0.2) is 38.5 Å². The van der Waals surface area contributed by atoms with Gasteiger partial charge in [-0.3, -0.25) is 4.79 Å². The monoisotopic (exact) mass is 255 g/mol. The molecule has 0 aliphatic heterocycles. The summed E-state index contributed by atoms with van der Waals surface area (Å²) >= 11 is 0. The maximum Gasteiger partial charge on any atom is 0.337 e. The van der Waals surface area contributed by atoms with Crippen molar-refractivity contribution in [2.75, 3.05) is 5.73 Å². The van der Waals surface area contributed by atoms with Crippen molar-refractivity contribution in [2.45, 2.75) is 18.6 Å². The maximum atomic E-state index is 10.8. The van der Waals surface area contributed by atoms with Crippen LogP contribution in [0.25, 0.3) is 0 Å². The van der Waals surface area contributed by atoms with Gasteiger partial charge in [0.05, 0.1) is 18.1 Å². The second-order valence-electron chi connectivity index (χ2n) is 3.76. The molecule has 18 heavy (non-hydrogen) atoms. The molecule has 1 aromatic carbocycles. The molecule has 7 heteroatoms. The number of aliphatic carboxylic acids is 1. The van der Waals surface area contributed by atoms with Gasteiger partial charge >= 0.3 is 11.9 Å². The third-order valence-electron chi connectivity index (χ3n) is 2.40. The van der Waals surface area contributed by atoms with Crippen LogP contribution in [0.5, 0.6) is 0 Å². The van der Waals surface area contributed by atoms with Gasteiger partial charge in [0.2, 0.25) is 0 Å². The van der Waals surface area contributed by atoms with Crippen molar-refractivity contribution in [2.24, 2.45) is 0 Å². The zero-order valence-electron chi connectivity index (χ0n) is 9.28. The summed E-state index contributed by atoms with van der Waals surface area (Å²) in [5, 5.41) is 36.4. The lowest BCUT2D eigenvalue weighted by Gasteiger charge is -2.17. The minimum absolute atomic E-state index is 0.0196. The van der Waals surface area contributed by atoms with Gasteiger partial charge in [-0.25, -0.2) is 4.79 Å². The van der Waals surface area contributed by atoms with Crippen molar-refractivity contribution in [3.8, 4) is 0 Å². The van der Waals surface area contributed by atoms with E-state index in [4.69, 9.17) is 15.9 Å². The normalized spacial score (nSPS) is 13.9. The summed E-state index contributed by atoms with van der Waals surface area (Å²) in [6, 6.07) is 3.71. The van der Waals surface area contributed by atoms with Gasteiger partial charge in [-0.1, -0.05) is 6.07 Å². The first-order chi connectivity index (χ1) is 8.32. The van der Waals surface area contributed by atoms with Crippen molar-refractivity contribution in [3.05, 3.63) is 29.3 Å². The number of aliphatic hydroxyl groups excluding tert-OH is 2. The van der Waals surface area contributed by atoms with Crippen LogP contribution in [0.3, 0.4) is 0 Å². The molecule has 0 bridgehead atoms. The molecule has 98 valence electrons. The van der Waals surface area contributed by atoms with Gasteiger partial charge in [0.15, 0.2) is 0 Å². The molecule has 0 amide bonds. The van der Waals surface area contributed by atoms with E-state index in [9.17, 15) is 19.8 Å². The van der Waals surface area contributed by atoms with Gasteiger partial charge in [0, 0.05) is 5.69 Å². The summed E-state index contributed by atoms with van der Waals surface area (Å²) in [5.41, 5.74) is 5.33. The third-order valence-corrected chi connectivity index (χ3v) is 2.40. The van der Waals surface area contributed by atoms with Gasteiger partial charge in [0.1, 0.15) is 6.10 Å². The first-order valence-corrected chi connectivity index (χ1v) is 5.03. The molecular weight excluding hydrogens is 242 g/mol. The van der Waals surface area contributed by atoms with Crippen LogP contribution in [0.15, 0.2) is 18.2 Å². The molecule has 0 radical (unpaired) electrons. The molecule has 0 saturated carbocycles. The third kappa shape index (κ3) is 3.19. The van der Waals surface area contributed by atoms with E-state index in [0.717, 1.165) is 6.07 Å². The Morgan fingerprint density at radius 2 is 1.83 bits per heavy atom. The fraction of sp³-hybridized carbons (Fsp3) is 0.273. The number of carbonyl (C=O) groups is 2. The standard InChI is InChI=1S/C11H13NO6/c12-7-2-1-5(3-6(7)11(17)18)10(16)8(13)4-9(14)15/h1-3,8,10,13,16H,4,12H2,(H,14,15)(H,17,18). The number of hydrogen-bond acceptors (Lipinski definition) is 5. The van der Waals surface area contributed by atoms with Crippen LogP contribution < -0.4 is 5.73 Å². The molecule has 0 aromatic heterocycles. The van der Waals surface area contributed by atoms with Gasteiger partial charge in [-0.15, -0.1) is 0 Å². The lowest BCUT2D eigenvalue weighted by molar-refractivity contribution is -0.141. The van der Waals surface area contributed by atoms with E-state index in [-0.39, 0.29) is 16.8 Å². The quantitative estimate of drug-likeness (QED) is 0.460. The van der Waals surface area contributed by atoms with Gasteiger partial charge in [0.25, 0.3) is 0 Å². The first kappa shape index (κ1) is 13.9. The minimum atomic E-state index is -1.52. The number of benzene rings is 1. The highest BCUT2D eigenvalue weighted by Crippen LogP contribution is 2.23. The van der Waals surface area contributed by atoms with E-state index in [0.29, 0.717) is 0 Å². The Hall–Kier alpha value is -2.12. The number of aromatic carboxylic acids is 1. The van der Waals surface area contributed by atoms with Gasteiger partial charge in [-0.05, 0) is 17.7 Å². The average molecular weight is 255 g/mol. The fourth-order valence-electron chi connectivity index (χ4n) is 1.46. The van der Waals surface area contributed by atoms with Crippen LogP contribution in [0.2, 0.25) is 0 Å². The largest absolute Gasteiger partial charge is 0.481 e. The molecule has 6 N–H and O–H groups in total. The highest BCUT2D eigenvalue weighted by molar-refractivity contribution is 5.93. The average Bonchev–Trinajstić information content (AvgIpc) is 2.27. The van der Waals surface area contributed by atoms with Crippen LogP contribution >= 0.6 is 0 Å². The number of carboxylic acid groups (broad SMARTS) is 2.